The summed E-state index contributed by atoms with van der Waals surface area (Å²) in [5.41, 5.74) is 2.38. The van der Waals surface area contributed by atoms with E-state index in [-0.39, 0.29) is 12.5 Å². The van der Waals surface area contributed by atoms with Crippen molar-refractivity contribution in [2.75, 3.05) is 19.7 Å². The Bertz CT molecular complexity index is 964. The molecule has 1 aliphatic rings. The van der Waals surface area contributed by atoms with E-state index in [0.29, 0.717) is 41.7 Å². The number of piperidine rings is 1. The van der Waals surface area contributed by atoms with Gasteiger partial charge >= 0.3 is 0 Å². The molecule has 0 atom stereocenters. The van der Waals surface area contributed by atoms with Crippen LogP contribution in [0, 0.1) is 0 Å². The lowest BCUT2D eigenvalue weighted by Gasteiger charge is -2.32. The number of benzene rings is 1. The van der Waals surface area contributed by atoms with Crippen LogP contribution >= 0.6 is 11.6 Å². The number of hydrogen-bond donors (Lipinski definition) is 1. The number of carbonyl (C=O) groups is 1. The number of rotatable bonds is 4. The molecule has 2 aromatic heterocycles. The second-order valence-electron chi connectivity index (χ2n) is 6.80. The van der Waals surface area contributed by atoms with Crippen LogP contribution in [0.4, 0.5) is 0 Å². The largest absolute Gasteiger partial charge is 0.394 e. The van der Waals surface area contributed by atoms with Gasteiger partial charge in [-0.1, -0.05) is 17.7 Å². The molecule has 1 fully saturated rings. The Hall–Kier alpha value is -2.44. The molecule has 1 aliphatic heterocycles. The lowest BCUT2D eigenvalue weighted by atomic mass is 9.93. The summed E-state index contributed by atoms with van der Waals surface area (Å²) < 4.78 is 1.86. The normalized spacial score (nSPS) is 15.4. The number of aliphatic hydroxyl groups excluding tert-OH is 1. The van der Waals surface area contributed by atoms with Gasteiger partial charge in [0.25, 0.3) is 5.91 Å². The van der Waals surface area contributed by atoms with Crippen molar-refractivity contribution in [2.45, 2.75) is 25.3 Å². The van der Waals surface area contributed by atoms with Crippen molar-refractivity contribution in [1.29, 1.82) is 0 Å². The second kappa shape index (κ2) is 7.66. The standard InChI is InChI=1S/C20H21ClN4O2/c21-16-12-15-2-1-6-22-19(15)17(13-16)20(27)24-8-4-14(5-9-24)18-3-7-23-25(18)10-11-26/h1-3,6-7,12-14,26H,4-5,8-11H2. The Morgan fingerprint density at radius 2 is 2.04 bits per heavy atom. The number of aliphatic hydroxyl groups is 1. The molecule has 27 heavy (non-hydrogen) atoms. The van der Waals surface area contributed by atoms with Crippen molar-refractivity contribution < 1.29 is 9.90 Å². The van der Waals surface area contributed by atoms with Gasteiger partial charge in [-0.25, -0.2) is 0 Å². The number of fused-ring (bicyclic) bond motifs is 1. The molecule has 0 radical (unpaired) electrons. The molecule has 0 aliphatic carbocycles. The van der Waals surface area contributed by atoms with E-state index in [1.807, 2.05) is 33.8 Å². The van der Waals surface area contributed by atoms with Crippen molar-refractivity contribution in [3.05, 3.63) is 59.0 Å². The summed E-state index contributed by atoms with van der Waals surface area (Å²) in [4.78, 5) is 19.4. The lowest BCUT2D eigenvalue weighted by Crippen LogP contribution is -2.38. The average Bonchev–Trinajstić information content (AvgIpc) is 3.15. The maximum Gasteiger partial charge on any atom is 0.256 e. The molecule has 0 unspecified atom stereocenters. The molecular weight excluding hydrogens is 364 g/mol. The molecule has 3 heterocycles. The van der Waals surface area contributed by atoms with E-state index in [4.69, 9.17) is 11.6 Å². The third-order valence-corrected chi connectivity index (χ3v) is 5.38. The zero-order valence-electron chi connectivity index (χ0n) is 14.9. The minimum absolute atomic E-state index is 0.0245. The summed E-state index contributed by atoms with van der Waals surface area (Å²) >= 11 is 6.22. The maximum atomic E-state index is 13.1. The van der Waals surface area contributed by atoms with Crippen molar-refractivity contribution in [1.82, 2.24) is 19.7 Å². The molecule has 3 aromatic rings. The number of likely N-dealkylation sites (tertiary alicyclic amines) is 1. The highest BCUT2D eigenvalue weighted by atomic mass is 35.5. The molecular formula is C20H21ClN4O2. The van der Waals surface area contributed by atoms with Gasteiger partial charge in [-0.05, 0) is 37.1 Å². The third kappa shape index (κ3) is 3.55. The van der Waals surface area contributed by atoms with Gasteiger partial charge in [0.15, 0.2) is 0 Å². The number of halogens is 1. The van der Waals surface area contributed by atoms with Gasteiger partial charge in [-0.3, -0.25) is 14.5 Å². The number of nitrogens with zero attached hydrogens (tertiary/aromatic N) is 4. The molecule has 0 spiro atoms. The van der Waals surface area contributed by atoms with Gasteiger partial charge in [0.1, 0.15) is 0 Å². The Morgan fingerprint density at radius 1 is 1.22 bits per heavy atom. The average molecular weight is 385 g/mol. The molecule has 7 heteroatoms. The number of pyridine rings is 1. The highest BCUT2D eigenvalue weighted by Crippen LogP contribution is 2.30. The first-order chi connectivity index (χ1) is 13.2. The summed E-state index contributed by atoms with van der Waals surface area (Å²) in [7, 11) is 0. The Kier molecular flexibility index (Phi) is 5.09. The van der Waals surface area contributed by atoms with Crippen LogP contribution in [0.1, 0.15) is 34.8 Å². The number of aromatic nitrogens is 3. The predicted octanol–water partition coefficient (Wildman–Crippen LogP) is 3.10. The third-order valence-electron chi connectivity index (χ3n) is 5.16. The fourth-order valence-corrected chi connectivity index (χ4v) is 4.07. The molecule has 140 valence electrons. The molecule has 1 amide bonds. The van der Waals surface area contributed by atoms with Gasteiger partial charge in [0.2, 0.25) is 0 Å². The zero-order valence-corrected chi connectivity index (χ0v) is 15.6. The number of carbonyl (C=O) groups excluding carboxylic acids is 1. The summed E-state index contributed by atoms with van der Waals surface area (Å²) in [6, 6.07) is 9.30. The maximum absolute atomic E-state index is 13.1. The van der Waals surface area contributed by atoms with Gasteiger partial charge in [-0.2, -0.15) is 5.10 Å². The number of hydrogen-bond acceptors (Lipinski definition) is 4. The highest BCUT2D eigenvalue weighted by molar-refractivity contribution is 6.32. The Labute approximate surface area is 162 Å². The first-order valence-electron chi connectivity index (χ1n) is 9.13. The summed E-state index contributed by atoms with van der Waals surface area (Å²) in [5, 5.41) is 14.9. The highest BCUT2D eigenvalue weighted by Gasteiger charge is 2.27. The predicted molar refractivity (Wildman–Crippen MR) is 104 cm³/mol. The topological polar surface area (TPSA) is 71.2 Å². The van der Waals surface area contributed by atoms with E-state index in [0.717, 1.165) is 23.9 Å². The molecule has 1 saturated heterocycles. The van der Waals surface area contributed by atoms with Gasteiger partial charge in [0, 0.05) is 47.5 Å². The lowest BCUT2D eigenvalue weighted by molar-refractivity contribution is 0.0712. The SMILES string of the molecule is O=C(c1cc(Cl)cc2cccnc12)N1CCC(c2ccnn2CCO)CC1. The minimum atomic E-state index is -0.0245. The van der Waals surface area contributed by atoms with Crippen LogP contribution in [0.2, 0.25) is 5.02 Å². The van der Waals surface area contributed by atoms with Crippen LogP contribution in [0.15, 0.2) is 42.7 Å². The van der Waals surface area contributed by atoms with Gasteiger partial charge in [0.05, 0.1) is 24.2 Å². The molecule has 6 nitrogen and oxygen atoms in total. The van der Waals surface area contributed by atoms with Crippen molar-refractivity contribution >= 4 is 28.4 Å². The fourth-order valence-electron chi connectivity index (χ4n) is 3.84. The van der Waals surface area contributed by atoms with Crippen LogP contribution in [0.3, 0.4) is 0 Å². The Morgan fingerprint density at radius 3 is 2.81 bits per heavy atom. The first-order valence-corrected chi connectivity index (χ1v) is 9.51. The van der Waals surface area contributed by atoms with E-state index in [1.165, 1.54) is 0 Å². The van der Waals surface area contributed by atoms with E-state index in [9.17, 15) is 9.90 Å². The monoisotopic (exact) mass is 384 g/mol. The van der Waals surface area contributed by atoms with Crippen LogP contribution in [-0.2, 0) is 6.54 Å². The minimum Gasteiger partial charge on any atom is -0.394 e. The van der Waals surface area contributed by atoms with Crippen molar-refractivity contribution in [2.24, 2.45) is 0 Å². The van der Waals surface area contributed by atoms with Crippen LogP contribution in [0.5, 0.6) is 0 Å². The quantitative estimate of drug-likeness (QED) is 0.750. The van der Waals surface area contributed by atoms with Gasteiger partial charge < -0.3 is 10.0 Å². The summed E-state index contributed by atoms with van der Waals surface area (Å²) in [6.07, 6.45) is 5.21. The van der Waals surface area contributed by atoms with Crippen LogP contribution in [0.25, 0.3) is 10.9 Å². The van der Waals surface area contributed by atoms with E-state index in [2.05, 4.69) is 10.1 Å². The van der Waals surface area contributed by atoms with Crippen LogP contribution < -0.4 is 0 Å². The van der Waals surface area contributed by atoms with E-state index < -0.39 is 0 Å². The molecule has 0 bridgehead atoms. The van der Waals surface area contributed by atoms with Crippen LogP contribution in [-0.4, -0.2) is 50.4 Å². The first kappa shape index (κ1) is 17.9. The van der Waals surface area contributed by atoms with Crippen molar-refractivity contribution in [3.8, 4) is 0 Å². The fraction of sp³-hybridized carbons (Fsp3) is 0.350. The summed E-state index contributed by atoms with van der Waals surface area (Å²) in [6.45, 7) is 1.92. The molecule has 1 N–H and O–H groups in total. The molecule has 1 aromatic carbocycles. The Balaban J connectivity index is 1.52. The van der Waals surface area contributed by atoms with Gasteiger partial charge in [-0.15, -0.1) is 0 Å². The van der Waals surface area contributed by atoms with E-state index in [1.54, 1.807) is 18.5 Å². The zero-order chi connectivity index (χ0) is 18.8. The molecule has 0 saturated carbocycles. The van der Waals surface area contributed by atoms with Crippen molar-refractivity contribution in [3.63, 3.8) is 0 Å². The van der Waals surface area contributed by atoms with E-state index >= 15 is 0 Å². The number of amides is 1. The molecule has 4 rings (SSSR count). The second-order valence-corrected chi connectivity index (χ2v) is 7.23. The smallest absolute Gasteiger partial charge is 0.256 e. The summed E-state index contributed by atoms with van der Waals surface area (Å²) in [5.74, 6) is 0.320.